The molecule has 1 aliphatic heterocycles. The van der Waals surface area contributed by atoms with Crippen molar-refractivity contribution < 1.29 is 9.47 Å². The molecule has 0 aliphatic carbocycles. The van der Waals surface area contributed by atoms with Crippen molar-refractivity contribution in [2.45, 2.75) is 12.8 Å². The number of nitrogens with one attached hydrogen (secondary N) is 1. The molecule has 1 aliphatic rings. The van der Waals surface area contributed by atoms with Crippen LogP contribution in [0.1, 0.15) is 12.8 Å². The first-order chi connectivity index (χ1) is 9.40. The van der Waals surface area contributed by atoms with Gasteiger partial charge >= 0.3 is 0 Å². The van der Waals surface area contributed by atoms with Crippen LogP contribution >= 0.6 is 0 Å². The van der Waals surface area contributed by atoms with E-state index >= 15 is 0 Å². The van der Waals surface area contributed by atoms with E-state index in [1.807, 2.05) is 6.20 Å². The van der Waals surface area contributed by atoms with Gasteiger partial charge in [0.2, 0.25) is 0 Å². The second-order valence-electron chi connectivity index (χ2n) is 4.66. The zero-order valence-electron chi connectivity index (χ0n) is 11.6. The van der Waals surface area contributed by atoms with Gasteiger partial charge in [-0.3, -0.25) is 4.98 Å². The number of unbranched alkanes of at least 4 members (excludes halogenated alkanes) is 1. The fourth-order valence-electron chi connectivity index (χ4n) is 2.12. The highest BCUT2D eigenvalue weighted by molar-refractivity contribution is 5.48. The second kappa shape index (κ2) is 7.96. The normalized spacial score (nSPS) is 15.5. The molecule has 1 aromatic heterocycles. The lowest BCUT2D eigenvalue weighted by Crippen LogP contribution is -2.43. The summed E-state index contributed by atoms with van der Waals surface area (Å²) in [5.41, 5.74) is 1.15. The van der Waals surface area contributed by atoms with Gasteiger partial charge in [-0.1, -0.05) is 0 Å². The minimum absolute atomic E-state index is 0.718. The first-order valence-corrected chi connectivity index (χ1v) is 6.92. The van der Waals surface area contributed by atoms with Crippen molar-refractivity contribution in [1.29, 1.82) is 0 Å². The highest BCUT2D eigenvalue weighted by Crippen LogP contribution is 2.20. The Morgan fingerprint density at radius 3 is 2.79 bits per heavy atom. The van der Waals surface area contributed by atoms with Crippen LogP contribution in [0.3, 0.4) is 0 Å². The standard InChI is InChI=1S/C14H23N3O2/c1-18-8-2-3-9-19-14-10-13(11-16-12-14)17-6-4-15-5-7-17/h10-12,15H,2-9H2,1H3. The van der Waals surface area contributed by atoms with E-state index < -0.39 is 0 Å². The summed E-state index contributed by atoms with van der Waals surface area (Å²) in [5.74, 6) is 0.855. The largest absolute Gasteiger partial charge is 0.492 e. The summed E-state index contributed by atoms with van der Waals surface area (Å²) in [7, 11) is 1.72. The molecule has 0 unspecified atom stereocenters. The molecule has 106 valence electrons. The lowest BCUT2D eigenvalue weighted by atomic mass is 10.3. The Bertz CT molecular complexity index is 367. The van der Waals surface area contributed by atoms with Crippen molar-refractivity contribution in [1.82, 2.24) is 10.3 Å². The van der Waals surface area contributed by atoms with E-state index in [1.54, 1.807) is 13.3 Å². The van der Waals surface area contributed by atoms with E-state index in [0.29, 0.717) is 0 Å². The van der Waals surface area contributed by atoms with Crippen LogP contribution in [0, 0.1) is 0 Å². The van der Waals surface area contributed by atoms with E-state index in [9.17, 15) is 0 Å². The molecule has 0 atom stereocenters. The van der Waals surface area contributed by atoms with E-state index in [-0.39, 0.29) is 0 Å². The molecule has 0 spiro atoms. The van der Waals surface area contributed by atoms with Crippen LogP contribution in [0.15, 0.2) is 18.5 Å². The molecule has 1 aromatic rings. The molecule has 0 radical (unpaired) electrons. The van der Waals surface area contributed by atoms with Crippen molar-refractivity contribution in [2.24, 2.45) is 0 Å². The summed E-state index contributed by atoms with van der Waals surface area (Å²) in [6.45, 7) is 5.63. The first-order valence-electron chi connectivity index (χ1n) is 6.92. The van der Waals surface area contributed by atoms with Gasteiger partial charge in [0.05, 0.1) is 24.7 Å². The predicted octanol–water partition coefficient (Wildman–Crippen LogP) is 1.30. The zero-order chi connectivity index (χ0) is 13.3. The molecule has 1 fully saturated rings. The van der Waals surface area contributed by atoms with Crippen molar-refractivity contribution in [3.8, 4) is 5.75 Å². The maximum atomic E-state index is 5.72. The van der Waals surface area contributed by atoms with Crippen LogP contribution in [0.4, 0.5) is 5.69 Å². The van der Waals surface area contributed by atoms with Gasteiger partial charge in [-0.05, 0) is 12.8 Å². The van der Waals surface area contributed by atoms with Crippen molar-refractivity contribution >= 4 is 5.69 Å². The maximum Gasteiger partial charge on any atom is 0.139 e. The van der Waals surface area contributed by atoms with Gasteiger partial charge in [0, 0.05) is 46.0 Å². The molecule has 5 heteroatoms. The van der Waals surface area contributed by atoms with Gasteiger partial charge in [0.25, 0.3) is 0 Å². The van der Waals surface area contributed by atoms with Gasteiger partial charge in [-0.15, -0.1) is 0 Å². The highest BCUT2D eigenvalue weighted by Gasteiger charge is 2.11. The molecule has 0 bridgehead atoms. The van der Waals surface area contributed by atoms with Gasteiger partial charge in [-0.25, -0.2) is 0 Å². The average molecular weight is 265 g/mol. The van der Waals surface area contributed by atoms with E-state index in [4.69, 9.17) is 9.47 Å². The molecule has 2 rings (SSSR count). The van der Waals surface area contributed by atoms with Crippen molar-refractivity contribution in [3.05, 3.63) is 18.5 Å². The third-order valence-electron chi connectivity index (χ3n) is 3.19. The van der Waals surface area contributed by atoms with Crippen LogP contribution in [0.25, 0.3) is 0 Å². The third-order valence-corrected chi connectivity index (χ3v) is 3.19. The fraction of sp³-hybridized carbons (Fsp3) is 0.643. The molecule has 19 heavy (non-hydrogen) atoms. The number of anilines is 1. The molecule has 2 heterocycles. The Labute approximate surface area is 114 Å². The SMILES string of the molecule is COCCCCOc1cncc(N2CCNCC2)c1. The molecular weight excluding hydrogens is 242 g/mol. The van der Waals surface area contributed by atoms with Crippen LogP contribution in [-0.4, -0.2) is 51.5 Å². The van der Waals surface area contributed by atoms with Crippen LogP contribution in [0.2, 0.25) is 0 Å². The lowest BCUT2D eigenvalue weighted by molar-refractivity contribution is 0.184. The summed E-state index contributed by atoms with van der Waals surface area (Å²) in [6.07, 6.45) is 5.72. The number of aromatic nitrogens is 1. The Morgan fingerprint density at radius 2 is 2.00 bits per heavy atom. The number of nitrogens with zero attached hydrogens (tertiary/aromatic N) is 2. The van der Waals surface area contributed by atoms with Gasteiger partial charge < -0.3 is 19.7 Å². The second-order valence-corrected chi connectivity index (χ2v) is 4.66. The van der Waals surface area contributed by atoms with Crippen molar-refractivity contribution in [3.63, 3.8) is 0 Å². The zero-order valence-corrected chi connectivity index (χ0v) is 11.6. The number of hydrogen-bond donors (Lipinski definition) is 1. The molecular formula is C14H23N3O2. The first kappa shape index (κ1) is 14.1. The fourth-order valence-corrected chi connectivity index (χ4v) is 2.12. The number of ether oxygens (including phenoxy) is 2. The summed E-state index contributed by atoms with van der Waals surface area (Å²) in [5, 5.41) is 3.35. The third kappa shape index (κ3) is 4.69. The predicted molar refractivity (Wildman–Crippen MR) is 75.9 cm³/mol. The smallest absolute Gasteiger partial charge is 0.139 e. The Balaban J connectivity index is 1.81. The molecule has 1 saturated heterocycles. The van der Waals surface area contributed by atoms with Crippen molar-refractivity contribution in [2.75, 3.05) is 51.4 Å². The maximum absolute atomic E-state index is 5.72. The Kier molecular flexibility index (Phi) is 5.91. The van der Waals surface area contributed by atoms with Crippen LogP contribution in [0.5, 0.6) is 5.75 Å². The average Bonchev–Trinajstić information content (AvgIpc) is 2.48. The molecule has 0 amide bonds. The quantitative estimate of drug-likeness (QED) is 0.753. The molecule has 5 nitrogen and oxygen atoms in total. The molecule has 1 N–H and O–H groups in total. The number of methoxy groups -OCH3 is 1. The van der Waals surface area contributed by atoms with Gasteiger partial charge in [0.15, 0.2) is 0 Å². The molecule has 0 aromatic carbocycles. The van der Waals surface area contributed by atoms with E-state index in [1.165, 1.54) is 0 Å². The number of rotatable bonds is 7. The van der Waals surface area contributed by atoms with E-state index in [0.717, 1.165) is 63.7 Å². The highest BCUT2D eigenvalue weighted by atomic mass is 16.5. The van der Waals surface area contributed by atoms with Gasteiger partial charge in [-0.2, -0.15) is 0 Å². The summed E-state index contributed by atoms with van der Waals surface area (Å²) in [6, 6.07) is 2.08. The summed E-state index contributed by atoms with van der Waals surface area (Å²) in [4.78, 5) is 6.60. The molecule has 0 saturated carbocycles. The topological polar surface area (TPSA) is 46.6 Å². The number of hydrogen-bond acceptors (Lipinski definition) is 5. The number of piperazine rings is 1. The van der Waals surface area contributed by atoms with Crippen LogP contribution in [-0.2, 0) is 4.74 Å². The summed E-state index contributed by atoms with van der Waals surface area (Å²) >= 11 is 0. The van der Waals surface area contributed by atoms with Gasteiger partial charge in [0.1, 0.15) is 5.75 Å². The van der Waals surface area contributed by atoms with Crippen LogP contribution < -0.4 is 15.0 Å². The minimum Gasteiger partial charge on any atom is -0.492 e. The summed E-state index contributed by atoms with van der Waals surface area (Å²) < 4.78 is 10.7. The Hall–Kier alpha value is -1.33. The lowest BCUT2D eigenvalue weighted by Gasteiger charge is -2.29. The number of pyridine rings is 1. The monoisotopic (exact) mass is 265 g/mol. The Morgan fingerprint density at radius 1 is 1.21 bits per heavy atom. The van der Waals surface area contributed by atoms with E-state index in [2.05, 4.69) is 21.3 Å². The minimum atomic E-state index is 0.718.